The molecule has 0 unspecified atom stereocenters. The average molecular weight is 343 g/mol. The summed E-state index contributed by atoms with van der Waals surface area (Å²) in [6.45, 7) is 4.00. The predicted octanol–water partition coefficient (Wildman–Crippen LogP) is 3.91. The van der Waals surface area contributed by atoms with Crippen LogP contribution in [0.3, 0.4) is 0 Å². The number of fused-ring (bicyclic) bond motifs is 1. The minimum Gasteiger partial charge on any atom is -0.383 e. The molecule has 5 heteroatoms. The molecule has 0 aliphatic rings. The lowest BCUT2D eigenvalue weighted by molar-refractivity contribution is 0.976. The molecule has 106 valence electrons. The van der Waals surface area contributed by atoms with E-state index in [1.54, 1.807) is 0 Å². The van der Waals surface area contributed by atoms with Crippen LogP contribution in [0.25, 0.3) is 22.4 Å². The van der Waals surface area contributed by atoms with E-state index in [4.69, 9.17) is 5.73 Å². The largest absolute Gasteiger partial charge is 0.383 e. The lowest BCUT2D eigenvalue weighted by Crippen LogP contribution is -2.05. The van der Waals surface area contributed by atoms with Gasteiger partial charge in [0.15, 0.2) is 5.82 Å². The molecule has 0 saturated heterocycles. The monoisotopic (exact) mass is 342 g/mol. The SMILES string of the molecule is CCc1nc(-c2nc3ccccc3cc2Br)nc(N)c1C. The van der Waals surface area contributed by atoms with Crippen molar-refractivity contribution in [1.29, 1.82) is 0 Å². The number of nitrogens with two attached hydrogens (primary N) is 1. The van der Waals surface area contributed by atoms with Crippen molar-refractivity contribution in [2.45, 2.75) is 20.3 Å². The van der Waals surface area contributed by atoms with Crippen molar-refractivity contribution in [1.82, 2.24) is 15.0 Å². The Morgan fingerprint density at radius 1 is 1.14 bits per heavy atom. The molecule has 2 heterocycles. The number of nitrogens with zero attached hydrogens (tertiary/aromatic N) is 3. The molecule has 2 aromatic heterocycles. The van der Waals surface area contributed by atoms with Crippen LogP contribution in [0.2, 0.25) is 0 Å². The molecule has 0 aliphatic heterocycles. The summed E-state index contributed by atoms with van der Waals surface area (Å²) in [6.07, 6.45) is 0.816. The summed E-state index contributed by atoms with van der Waals surface area (Å²) in [7, 11) is 0. The number of aryl methyl sites for hydroxylation is 1. The van der Waals surface area contributed by atoms with Gasteiger partial charge >= 0.3 is 0 Å². The van der Waals surface area contributed by atoms with Crippen molar-refractivity contribution in [3.63, 3.8) is 0 Å². The third-order valence-electron chi connectivity index (χ3n) is 3.51. The summed E-state index contributed by atoms with van der Waals surface area (Å²) in [5.41, 5.74) is 9.53. The number of pyridine rings is 1. The molecular weight excluding hydrogens is 328 g/mol. The van der Waals surface area contributed by atoms with Crippen molar-refractivity contribution >= 4 is 32.7 Å². The Bertz CT molecular complexity index is 830. The van der Waals surface area contributed by atoms with Crippen LogP contribution in [0.4, 0.5) is 5.82 Å². The van der Waals surface area contributed by atoms with Crippen LogP contribution in [0.1, 0.15) is 18.2 Å². The van der Waals surface area contributed by atoms with Crippen LogP contribution in [-0.2, 0) is 6.42 Å². The summed E-state index contributed by atoms with van der Waals surface area (Å²) in [4.78, 5) is 13.7. The molecule has 0 aliphatic carbocycles. The lowest BCUT2D eigenvalue weighted by Gasteiger charge is -2.10. The van der Waals surface area contributed by atoms with Crippen molar-refractivity contribution in [3.8, 4) is 11.5 Å². The Hall–Kier alpha value is -2.01. The second kappa shape index (κ2) is 5.41. The molecule has 0 bridgehead atoms. The fourth-order valence-electron chi connectivity index (χ4n) is 2.28. The predicted molar refractivity (Wildman–Crippen MR) is 89.0 cm³/mol. The molecule has 1 aromatic carbocycles. The van der Waals surface area contributed by atoms with Crippen LogP contribution in [0, 0.1) is 6.92 Å². The number of para-hydroxylation sites is 1. The van der Waals surface area contributed by atoms with Crippen LogP contribution < -0.4 is 5.73 Å². The maximum Gasteiger partial charge on any atom is 0.181 e. The summed E-state index contributed by atoms with van der Waals surface area (Å²) < 4.78 is 0.867. The van der Waals surface area contributed by atoms with E-state index >= 15 is 0 Å². The minimum atomic E-state index is 0.513. The number of hydrogen-bond acceptors (Lipinski definition) is 4. The highest BCUT2D eigenvalue weighted by molar-refractivity contribution is 9.10. The average Bonchev–Trinajstić information content (AvgIpc) is 2.49. The van der Waals surface area contributed by atoms with Crippen LogP contribution in [0.5, 0.6) is 0 Å². The molecule has 2 N–H and O–H groups in total. The first kappa shape index (κ1) is 13.9. The molecule has 0 spiro atoms. The van der Waals surface area contributed by atoms with E-state index in [0.29, 0.717) is 11.6 Å². The second-order valence-electron chi connectivity index (χ2n) is 4.87. The highest BCUT2D eigenvalue weighted by Crippen LogP contribution is 2.29. The number of aromatic nitrogens is 3. The second-order valence-corrected chi connectivity index (χ2v) is 5.72. The Kier molecular flexibility index (Phi) is 3.59. The first-order chi connectivity index (χ1) is 10.1. The summed E-state index contributed by atoms with van der Waals surface area (Å²) in [6, 6.07) is 9.99. The fourth-order valence-corrected chi connectivity index (χ4v) is 2.79. The van der Waals surface area contributed by atoms with Crippen molar-refractivity contribution in [2.24, 2.45) is 0 Å². The topological polar surface area (TPSA) is 64.7 Å². The van der Waals surface area contributed by atoms with Gasteiger partial charge in [-0.3, -0.25) is 0 Å². The van der Waals surface area contributed by atoms with Gasteiger partial charge in [-0.1, -0.05) is 25.1 Å². The van der Waals surface area contributed by atoms with Gasteiger partial charge in [-0.25, -0.2) is 15.0 Å². The van der Waals surface area contributed by atoms with Gasteiger partial charge in [-0.05, 0) is 41.4 Å². The molecular formula is C16H15BrN4. The number of rotatable bonds is 2. The van der Waals surface area contributed by atoms with Gasteiger partial charge in [0.05, 0.1) is 5.52 Å². The molecule has 0 atom stereocenters. The van der Waals surface area contributed by atoms with E-state index in [-0.39, 0.29) is 0 Å². The number of halogens is 1. The molecule has 0 saturated carbocycles. The summed E-state index contributed by atoms with van der Waals surface area (Å²) >= 11 is 3.56. The quantitative estimate of drug-likeness (QED) is 0.766. The van der Waals surface area contributed by atoms with E-state index in [1.165, 1.54) is 0 Å². The van der Waals surface area contributed by atoms with E-state index in [1.807, 2.05) is 37.3 Å². The van der Waals surface area contributed by atoms with E-state index in [9.17, 15) is 0 Å². The third-order valence-corrected chi connectivity index (χ3v) is 4.11. The molecule has 0 amide bonds. The highest BCUT2D eigenvalue weighted by atomic mass is 79.9. The maximum absolute atomic E-state index is 6.00. The van der Waals surface area contributed by atoms with Gasteiger partial charge in [-0.2, -0.15) is 0 Å². The Balaban J connectivity index is 2.25. The Morgan fingerprint density at radius 2 is 1.90 bits per heavy atom. The van der Waals surface area contributed by atoms with Crippen LogP contribution in [0.15, 0.2) is 34.8 Å². The van der Waals surface area contributed by atoms with Crippen molar-refractivity contribution < 1.29 is 0 Å². The van der Waals surface area contributed by atoms with E-state index < -0.39 is 0 Å². The molecule has 21 heavy (non-hydrogen) atoms. The van der Waals surface area contributed by atoms with Crippen molar-refractivity contribution in [3.05, 3.63) is 46.1 Å². The maximum atomic E-state index is 6.00. The van der Waals surface area contributed by atoms with E-state index in [2.05, 4.69) is 37.8 Å². The Labute approximate surface area is 131 Å². The zero-order valence-electron chi connectivity index (χ0n) is 11.9. The first-order valence-corrected chi connectivity index (χ1v) is 7.58. The van der Waals surface area contributed by atoms with Crippen LogP contribution >= 0.6 is 15.9 Å². The van der Waals surface area contributed by atoms with Gasteiger partial charge in [0.25, 0.3) is 0 Å². The number of anilines is 1. The first-order valence-electron chi connectivity index (χ1n) is 6.78. The van der Waals surface area contributed by atoms with Gasteiger partial charge < -0.3 is 5.73 Å². The number of nitrogen functional groups attached to an aromatic ring is 1. The lowest BCUT2D eigenvalue weighted by atomic mass is 10.1. The van der Waals surface area contributed by atoms with Gasteiger partial charge in [-0.15, -0.1) is 0 Å². The number of benzene rings is 1. The fraction of sp³-hybridized carbons (Fsp3) is 0.188. The molecule has 0 fully saturated rings. The highest BCUT2D eigenvalue weighted by Gasteiger charge is 2.14. The zero-order chi connectivity index (χ0) is 15.0. The molecule has 0 radical (unpaired) electrons. The molecule has 3 rings (SSSR count). The van der Waals surface area contributed by atoms with Gasteiger partial charge in [0.2, 0.25) is 0 Å². The summed E-state index contributed by atoms with van der Waals surface area (Å²) in [5.74, 6) is 1.08. The third kappa shape index (κ3) is 2.49. The van der Waals surface area contributed by atoms with Crippen molar-refractivity contribution in [2.75, 3.05) is 5.73 Å². The van der Waals surface area contributed by atoms with E-state index in [0.717, 1.165) is 38.7 Å². The van der Waals surface area contributed by atoms with Crippen LogP contribution in [-0.4, -0.2) is 15.0 Å². The molecule has 3 aromatic rings. The smallest absolute Gasteiger partial charge is 0.181 e. The normalized spacial score (nSPS) is 11.0. The standard InChI is InChI=1S/C16H15BrN4/c1-3-12-9(2)15(18)21-16(20-12)14-11(17)8-10-6-4-5-7-13(10)19-14/h4-8H,3H2,1-2H3,(H2,18,20,21). The van der Waals surface area contributed by atoms with Gasteiger partial charge in [0.1, 0.15) is 11.5 Å². The Morgan fingerprint density at radius 3 is 2.67 bits per heavy atom. The number of hydrogen-bond donors (Lipinski definition) is 1. The minimum absolute atomic E-state index is 0.513. The zero-order valence-corrected chi connectivity index (χ0v) is 13.5. The molecule has 4 nitrogen and oxygen atoms in total. The van der Waals surface area contributed by atoms with Gasteiger partial charge in [0, 0.05) is 21.1 Å². The summed E-state index contributed by atoms with van der Waals surface area (Å²) in [5, 5.41) is 1.07.